The van der Waals surface area contributed by atoms with Crippen molar-refractivity contribution in [1.29, 1.82) is 0 Å². The fourth-order valence-corrected chi connectivity index (χ4v) is 8.80. The highest BCUT2D eigenvalue weighted by Gasteiger charge is 2.43. The Morgan fingerprint density at radius 1 is 0.630 bits per heavy atom. The first-order valence-electron chi connectivity index (χ1n) is 20.2. The van der Waals surface area contributed by atoms with Crippen LogP contribution in [0.25, 0.3) is 0 Å². The summed E-state index contributed by atoms with van der Waals surface area (Å²) in [6.07, 6.45) is 28.0. The largest absolute Gasteiger partial charge is 0.463 e. The van der Waals surface area contributed by atoms with Crippen molar-refractivity contribution >= 4 is 5.97 Å². The first-order valence-corrected chi connectivity index (χ1v) is 20.2. The van der Waals surface area contributed by atoms with Crippen LogP contribution in [-0.2, 0) is 14.3 Å². The second-order valence-electron chi connectivity index (χ2n) is 16.0. The van der Waals surface area contributed by atoms with Crippen molar-refractivity contribution in [3.05, 3.63) is 0 Å². The van der Waals surface area contributed by atoms with Crippen LogP contribution in [0.3, 0.4) is 0 Å². The first kappa shape index (κ1) is 38.1. The third-order valence-corrected chi connectivity index (χ3v) is 12.1. The Labute approximate surface area is 282 Å². The number of ether oxygens (including phenoxy) is 2. The highest BCUT2D eigenvalue weighted by atomic mass is 16.6. The van der Waals surface area contributed by atoms with Gasteiger partial charge in [0.25, 0.3) is 0 Å². The van der Waals surface area contributed by atoms with E-state index >= 15 is 0 Å². The molecule has 4 aliphatic rings. The zero-order valence-corrected chi connectivity index (χ0v) is 30.1. The Balaban J connectivity index is 1.10. The average Bonchev–Trinajstić information content (AvgIpc) is 3.06. The van der Waals surface area contributed by atoms with E-state index in [-0.39, 0.29) is 24.2 Å². The Hall–Kier alpha value is -0.730. The number of nitrogens with one attached hydrogen (secondary N) is 3. The molecule has 4 fully saturated rings. The van der Waals surface area contributed by atoms with Gasteiger partial charge in [-0.15, -0.1) is 0 Å². The van der Waals surface area contributed by atoms with Gasteiger partial charge < -0.3 is 14.6 Å². The normalized spacial score (nSPS) is 35.6. The number of rotatable bonds is 19. The molecule has 7 heteroatoms. The van der Waals surface area contributed by atoms with Crippen LogP contribution in [0.4, 0.5) is 0 Å². The molecule has 0 aromatic rings. The minimum absolute atomic E-state index is 0.0320. The summed E-state index contributed by atoms with van der Waals surface area (Å²) in [6, 6.07) is 0. The van der Waals surface area contributed by atoms with Crippen LogP contribution in [0.15, 0.2) is 0 Å². The van der Waals surface area contributed by atoms with Crippen LogP contribution >= 0.6 is 0 Å². The molecule has 4 rings (SSSR count). The van der Waals surface area contributed by atoms with Gasteiger partial charge in [0.1, 0.15) is 6.61 Å². The molecule has 268 valence electrons. The maximum Gasteiger partial charge on any atom is 0.305 e. The SMILES string of the molecule is CCCCCCCCCCCCCC(=O)OCCOC1CCC(C2NC(C3CCC(C)CC3)NC(C3CCC(C)CC3)N2)C(O)C1. The van der Waals surface area contributed by atoms with Gasteiger partial charge in [-0.1, -0.05) is 111 Å². The van der Waals surface area contributed by atoms with Crippen LogP contribution in [0.5, 0.6) is 0 Å². The molecular formula is C39H73N3O4. The maximum absolute atomic E-state index is 12.2. The summed E-state index contributed by atoms with van der Waals surface area (Å²) in [5.41, 5.74) is 0. The Kier molecular flexibility index (Phi) is 17.7. The van der Waals surface area contributed by atoms with Crippen molar-refractivity contribution < 1.29 is 19.4 Å². The van der Waals surface area contributed by atoms with Gasteiger partial charge in [0.2, 0.25) is 0 Å². The lowest BCUT2D eigenvalue weighted by molar-refractivity contribution is -0.147. The standard InChI is InChI=1S/C39H73N3O4/c1-4-5-6-7-8-9-10-11-12-13-14-15-36(44)46-27-26-45-33-24-25-34(35(43)28-33)39-41-37(31-20-16-29(2)17-21-31)40-38(42-39)32-22-18-30(3)19-23-32/h29-35,37-43H,4-28H2,1-3H3. The van der Waals surface area contributed by atoms with E-state index in [0.717, 1.165) is 37.5 Å². The molecule has 1 heterocycles. The van der Waals surface area contributed by atoms with Gasteiger partial charge in [0.05, 0.1) is 37.3 Å². The molecule has 0 spiro atoms. The van der Waals surface area contributed by atoms with Crippen molar-refractivity contribution in [2.45, 2.75) is 199 Å². The predicted octanol–water partition coefficient (Wildman–Crippen LogP) is 8.19. The summed E-state index contributed by atoms with van der Waals surface area (Å²) in [5.74, 6) is 3.11. The zero-order chi connectivity index (χ0) is 32.6. The lowest BCUT2D eigenvalue weighted by Crippen LogP contribution is -2.73. The lowest BCUT2D eigenvalue weighted by atomic mass is 9.77. The number of hydrogen-bond donors (Lipinski definition) is 4. The van der Waals surface area contributed by atoms with E-state index in [0.29, 0.717) is 50.2 Å². The number of aliphatic hydroxyl groups is 1. The van der Waals surface area contributed by atoms with Crippen LogP contribution < -0.4 is 16.0 Å². The van der Waals surface area contributed by atoms with Gasteiger partial charge in [0, 0.05) is 12.3 Å². The quantitative estimate of drug-likeness (QED) is 0.0830. The van der Waals surface area contributed by atoms with E-state index in [1.165, 1.54) is 109 Å². The van der Waals surface area contributed by atoms with Gasteiger partial charge in [0.15, 0.2) is 0 Å². The summed E-state index contributed by atoms with van der Waals surface area (Å²) in [7, 11) is 0. The summed E-state index contributed by atoms with van der Waals surface area (Å²) in [4.78, 5) is 12.2. The van der Waals surface area contributed by atoms with Crippen molar-refractivity contribution in [3.8, 4) is 0 Å². The molecule has 7 nitrogen and oxygen atoms in total. The molecular weight excluding hydrogens is 574 g/mol. The number of unbranched alkanes of at least 4 members (excludes halogenated alkanes) is 10. The summed E-state index contributed by atoms with van der Waals surface area (Å²) >= 11 is 0. The molecule has 5 unspecified atom stereocenters. The Bertz CT molecular complexity index is 783. The lowest BCUT2D eigenvalue weighted by Gasteiger charge is -2.50. The molecule has 0 radical (unpaired) electrons. The summed E-state index contributed by atoms with van der Waals surface area (Å²) in [6.45, 7) is 7.79. The van der Waals surface area contributed by atoms with Gasteiger partial charge in [-0.3, -0.25) is 20.7 Å². The van der Waals surface area contributed by atoms with Crippen LogP contribution in [0, 0.1) is 29.6 Å². The Morgan fingerprint density at radius 2 is 1.13 bits per heavy atom. The molecule has 3 saturated carbocycles. The number of aliphatic hydroxyl groups excluding tert-OH is 1. The maximum atomic E-state index is 12.2. The molecule has 5 atom stereocenters. The van der Waals surface area contributed by atoms with Gasteiger partial charge in [-0.05, 0) is 75.0 Å². The molecule has 1 saturated heterocycles. The summed E-state index contributed by atoms with van der Waals surface area (Å²) in [5, 5.41) is 23.3. The van der Waals surface area contributed by atoms with Gasteiger partial charge in [-0.25, -0.2) is 0 Å². The fourth-order valence-electron chi connectivity index (χ4n) is 8.80. The van der Waals surface area contributed by atoms with Crippen LogP contribution in [0.1, 0.15) is 168 Å². The molecule has 0 amide bonds. The van der Waals surface area contributed by atoms with Crippen molar-refractivity contribution in [1.82, 2.24) is 16.0 Å². The van der Waals surface area contributed by atoms with E-state index < -0.39 is 6.10 Å². The zero-order valence-electron chi connectivity index (χ0n) is 30.1. The van der Waals surface area contributed by atoms with Crippen LogP contribution in [-0.4, -0.2) is 55.0 Å². The Morgan fingerprint density at radius 3 is 1.65 bits per heavy atom. The molecule has 0 aromatic heterocycles. The van der Waals surface area contributed by atoms with E-state index in [1.807, 2.05) is 0 Å². The minimum Gasteiger partial charge on any atom is -0.463 e. The molecule has 3 aliphatic carbocycles. The molecule has 4 N–H and O–H groups in total. The monoisotopic (exact) mass is 648 g/mol. The number of carbonyl (C=O) groups is 1. The molecule has 0 bridgehead atoms. The van der Waals surface area contributed by atoms with Crippen molar-refractivity contribution in [2.24, 2.45) is 29.6 Å². The topological polar surface area (TPSA) is 91.9 Å². The molecule has 46 heavy (non-hydrogen) atoms. The highest BCUT2D eigenvalue weighted by molar-refractivity contribution is 5.69. The third-order valence-electron chi connectivity index (χ3n) is 12.1. The summed E-state index contributed by atoms with van der Waals surface area (Å²) < 4.78 is 11.6. The predicted molar refractivity (Wildman–Crippen MR) is 188 cm³/mol. The van der Waals surface area contributed by atoms with Crippen molar-refractivity contribution in [3.63, 3.8) is 0 Å². The van der Waals surface area contributed by atoms with Crippen molar-refractivity contribution in [2.75, 3.05) is 13.2 Å². The van der Waals surface area contributed by atoms with Gasteiger partial charge >= 0.3 is 5.97 Å². The van der Waals surface area contributed by atoms with E-state index in [9.17, 15) is 9.90 Å². The van der Waals surface area contributed by atoms with E-state index in [4.69, 9.17) is 9.47 Å². The number of hydrogen-bond acceptors (Lipinski definition) is 7. The third kappa shape index (κ3) is 13.3. The molecule has 0 aromatic carbocycles. The number of esters is 1. The fraction of sp³-hybridized carbons (Fsp3) is 0.974. The number of carbonyl (C=O) groups excluding carboxylic acids is 1. The molecule has 1 aliphatic heterocycles. The van der Waals surface area contributed by atoms with E-state index in [2.05, 4.69) is 36.7 Å². The highest BCUT2D eigenvalue weighted by Crippen LogP contribution is 2.36. The first-order chi connectivity index (χ1) is 22.4. The van der Waals surface area contributed by atoms with Gasteiger partial charge in [-0.2, -0.15) is 0 Å². The minimum atomic E-state index is -0.399. The van der Waals surface area contributed by atoms with E-state index in [1.54, 1.807) is 0 Å². The average molecular weight is 648 g/mol. The second kappa shape index (κ2) is 21.4. The smallest absolute Gasteiger partial charge is 0.305 e. The van der Waals surface area contributed by atoms with Crippen LogP contribution in [0.2, 0.25) is 0 Å². The second-order valence-corrected chi connectivity index (χ2v) is 16.0.